The van der Waals surface area contributed by atoms with Crippen LogP contribution in [0.3, 0.4) is 0 Å². The first-order chi connectivity index (χ1) is 34.3. The Balaban J connectivity index is 0.970. The number of nitrogens with one attached hydrogen (secondary N) is 1. The van der Waals surface area contributed by atoms with Crippen LogP contribution in [0.4, 0.5) is 0 Å². The zero-order chi connectivity index (χ0) is 44.9. The number of para-hydroxylation sites is 6. The van der Waals surface area contributed by atoms with Crippen molar-refractivity contribution in [3.63, 3.8) is 0 Å². The van der Waals surface area contributed by atoms with Gasteiger partial charge in [0.2, 0.25) is 0 Å². The molecule has 6 nitrogen and oxygen atoms in total. The van der Waals surface area contributed by atoms with Crippen molar-refractivity contribution in [3.05, 3.63) is 224 Å². The number of rotatable bonds is 4. The van der Waals surface area contributed by atoms with E-state index < -0.39 is 0 Å². The molecule has 16 rings (SSSR count). The summed E-state index contributed by atoms with van der Waals surface area (Å²) in [5.41, 5.74) is 13.2. The number of nitrogens with zero attached hydrogens (tertiary/aromatic N) is 4. The van der Waals surface area contributed by atoms with Crippen molar-refractivity contribution in [2.45, 2.75) is 6.17 Å². The van der Waals surface area contributed by atoms with E-state index in [9.17, 15) is 0 Å². The molecular weight excluding hydrogens is 843 g/mol. The van der Waals surface area contributed by atoms with Gasteiger partial charge in [-0.15, -0.1) is 0 Å². The van der Waals surface area contributed by atoms with Crippen molar-refractivity contribution in [2.24, 2.45) is 0 Å². The summed E-state index contributed by atoms with van der Waals surface area (Å²) in [6.45, 7) is 0. The van der Waals surface area contributed by atoms with Gasteiger partial charge in [-0.2, -0.15) is 0 Å². The average molecular weight is 882 g/mol. The molecule has 0 aliphatic carbocycles. The van der Waals surface area contributed by atoms with Crippen LogP contribution in [0.15, 0.2) is 229 Å². The fourth-order valence-electron chi connectivity index (χ4n) is 12.1. The Bertz CT molecular complexity index is 4780. The molecular formula is C63H39N5O. The minimum absolute atomic E-state index is 0.256. The highest BCUT2D eigenvalue weighted by Gasteiger charge is 2.28. The summed E-state index contributed by atoms with van der Waals surface area (Å²) in [7, 11) is 0. The van der Waals surface area contributed by atoms with Gasteiger partial charge >= 0.3 is 0 Å². The van der Waals surface area contributed by atoms with Crippen LogP contribution >= 0.6 is 0 Å². The molecule has 6 heteroatoms. The number of furan rings is 1. The van der Waals surface area contributed by atoms with E-state index in [0.29, 0.717) is 0 Å². The standard InChI is InChI=1S/C63H39N5O/c1-2-16-39-37-40(32-31-38(39)15-1)65-51-23-8-3-17-41(51)46-33-35-48-43-19-5-10-25-53(43)67(61(48)59(46)65)57-29-14-30-58(64-57)68-54-26-11-6-20-44(54)49-36-34-47-42-18-4-9-24-52(42)66(60(47)62(49)68)55-27-13-22-50-45-21-7-12-28-56(45)69-63(50)55/h1-37,58,64H. The molecule has 6 heterocycles. The summed E-state index contributed by atoms with van der Waals surface area (Å²) in [5, 5.41) is 18.5. The first-order valence-corrected chi connectivity index (χ1v) is 23.7. The number of hydrogen-bond donors (Lipinski definition) is 1. The molecule has 1 unspecified atom stereocenters. The second-order valence-electron chi connectivity index (χ2n) is 18.5. The molecule has 5 aromatic heterocycles. The normalized spacial score (nSPS) is 14.4. The number of fused-ring (bicyclic) bond motifs is 18. The molecule has 1 aliphatic heterocycles. The molecule has 0 bridgehead atoms. The van der Waals surface area contributed by atoms with E-state index in [1.54, 1.807) is 0 Å². The lowest BCUT2D eigenvalue weighted by Crippen LogP contribution is -2.28. The van der Waals surface area contributed by atoms with Gasteiger partial charge in [0.15, 0.2) is 5.58 Å². The third-order valence-corrected chi connectivity index (χ3v) is 15.0. The van der Waals surface area contributed by atoms with Crippen molar-refractivity contribution >= 4 is 126 Å². The highest BCUT2D eigenvalue weighted by atomic mass is 16.3. The SMILES string of the molecule is C1=CC(n2c3ccccc3c3ccc4c5ccccc5n(-c5cccc6c5oc5ccccc56)c4c32)NC(n2c3ccccc3c3ccc4c5ccccc5n(-c5ccc6ccccc6c5)c4c32)=C1. The second kappa shape index (κ2) is 13.7. The predicted molar refractivity (Wildman–Crippen MR) is 288 cm³/mol. The molecule has 0 amide bonds. The topological polar surface area (TPSA) is 44.9 Å². The molecule has 0 saturated heterocycles. The predicted octanol–water partition coefficient (Wildman–Crippen LogP) is 16.3. The molecule has 10 aromatic carbocycles. The molecule has 0 fully saturated rings. The Morgan fingerprint density at radius 3 is 1.61 bits per heavy atom. The van der Waals surface area contributed by atoms with Crippen LogP contribution in [0.5, 0.6) is 0 Å². The molecule has 1 atom stereocenters. The van der Waals surface area contributed by atoms with Gasteiger partial charge in [0, 0.05) is 59.5 Å². The molecule has 0 radical (unpaired) electrons. The average Bonchev–Trinajstić information content (AvgIpc) is 4.21. The van der Waals surface area contributed by atoms with Crippen LogP contribution in [-0.4, -0.2) is 18.3 Å². The monoisotopic (exact) mass is 881 g/mol. The van der Waals surface area contributed by atoms with Gasteiger partial charge in [-0.25, -0.2) is 0 Å². The Morgan fingerprint density at radius 1 is 0.377 bits per heavy atom. The summed E-state index contributed by atoms with van der Waals surface area (Å²) < 4.78 is 16.7. The molecule has 1 N–H and O–H groups in total. The van der Waals surface area contributed by atoms with E-state index in [2.05, 4.69) is 242 Å². The van der Waals surface area contributed by atoms with Crippen molar-refractivity contribution in [3.8, 4) is 11.4 Å². The van der Waals surface area contributed by atoms with Crippen LogP contribution in [0.25, 0.3) is 137 Å². The third kappa shape index (κ3) is 4.94. The molecule has 0 spiro atoms. The lowest BCUT2D eigenvalue weighted by atomic mass is 10.1. The van der Waals surface area contributed by atoms with Gasteiger partial charge in [0.05, 0.1) is 49.8 Å². The van der Waals surface area contributed by atoms with Crippen LogP contribution in [-0.2, 0) is 0 Å². The largest absolute Gasteiger partial charge is 0.454 e. The Hall–Kier alpha value is -9.26. The maximum absolute atomic E-state index is 6.79. The zero-order valence-corrected chi connectivity index (χ0v) is 37.1. The summed E-state index contributed by atoms with van der Waals surface area (Å²) in [6, 6.07) is 75.1. The van der Waals surface area contributed by atoms with Gasteiger partial charge in [-0.3, -0.25) is 4.57 Å². The highest BCUT2D eigenvalue weighted by molar-refractivity contribution is 6.26. The number of hydrogen-bond acceptors (Lipinski definition) is 2. The second-order valence-corrected chi connectivity index (χ2v) is 18.5. The quantitative estimate of drug-likeness (QED) is 0.191. The molecule has 322 valence electrons. The smallest absolute Gasteiger partial charge is 0.159 e. The zero-order valence-electron chi connectivity index (χ0n) is 37.1. The highest BCUT2D eigenvalue weighted by Crippen LogP contribution is 2.46. The van der Waals surface area contributed by atoms with Crippen LogP contribution in [0.2, 0.25) is 0 Å². The van der Waals surface area contributed by atoms with Crippen molar-refractivity contribution < 1.29 is 4.42 Å². The van der Waals surface area contributed by atoms with Crippen molar-refractivity contribution in [1.82, 2.24) is 23.6 Å². The van der Waals surface area contributed by atoms with Gasteiger partial charge in [-0.05, 0) is 71.5 Å². The van der Waals surface area contributed by atoms with Crippen molar-refractivity contribution in [1.29, 1.82) is 0 Å². The van der Waals surface area contributed by atoms with E-state index in [1.165, 1.54) is 64.9 Å². The fourth-order valence-corrected chi connectivity index (χ4v) is 12.1. The maximum atomic E-state index is 6.79. The molecule has 0 saturated carbocycles. The Morgan fingerprint density at radius 2 is 0.899 bits per heavy atom. The van der Waals surface area contributed by atoms with E-state index in [4.69, 9.17) is 4.42 Å². The molecule has 15 aromatic rings. The Labute approximate surface area is 394 Å². The van der Waals surface area contributed by atoms with E-state index in [-0.39, 0.29) is 6.17 Å². The number of aromatic nitrogens is 4. The van der Waals surface area contributed by atoms with Crippen LogP contribution in [0, 0.1) is 0 Å². The molecule has 1 aliphatic rings. The van der Waals surface area contributed by atoms with E-state index in [0.717, 1.165) is 72.2 Å². The van der Waals surface area contributed by atoms with E-state index >= 15 is 0 Å². The third-order valence-electron chi connectivity index (χ3n) is 15.0. The van der Waals surface area contributed by atoms with Gasteiger partial charge < -0.3 is 23.4 Å². The van der Waals surface area contributed by atoms with Gasteiger partial charge in [0.1, 0.15) is 17.6 Å². The fraction of sp³-hybridized carbons (Fsp3) is 0.0159. The lowest BCUT2D eigenvalue weighted by Gasteiger charge is -2.27. The van der Waals surface area contributed by atoms with Crippen LogP contribution < -0.4 is 5.32 Å². The Kier molecular flexibility index (Phi) is 7.30. The first kappa shape index (κ1) is 36.9. The van der Waals surface area contributed by atoms with Gasteiger partial charge in [0.25, 0.3) is 0 Å². The summed E-state index contributed by atoms with van der Waals surface area (Å²) >= 11 is 0. The maximum Gasteiger partial charge on any atom is 0.159 e. The lowest BCUT2D eigenvalue weighted by molar-refractivity contribution is 0.577. The molecule has 69 heavy (non-hydrogen) atoms. The summed E-state index contributed by atoms with van der Waals surface area (Å²) in [4.78, 5) is 0. The number of benzene rings is 10. The van der Waals surface area contributed by atoms with E-state index in [1.807, 2.05) is 6.07 Å². The summed E-state index contributed by atoms with van der Waals surface area (Å²) in [6.07, 6.45) is 6.53. The number of allylic oxidation sites excluding steroid dienone is 2. The van der Waals surface area contributed by atoms with Crippen molar-refractivity contribution in [2.75, 3.05) is 0 Å². The van der Waals surface area contributed by atoms with Gasteiger partial charge in [-0.1, -0.05) is 164 Å². The van der Waals surface area contributed by atoms with Crippen LogP contribution in [0.1, 0.15) is 6.17 Å². The number of dihydropyridines is 1. The minimum atomic E-state index is -0.256. The minimum Gasteiger partial charge on any atom is -0.454 e. The first-order valence-electron chi connectivity index (χ1n) is 23.7. The summed E-state index contributed by atoms with van der Waals surface area (Å²) in [5.74, 6) is 1.00.